The zero-order valence-corrected chi connectivity index (χ0v) is 13.6. The number of ketones is 1. The molecule has 4 nitrogen and oxygen atoms in total. The van der Waals surface area contributed by atoms with Crippen molar-refractivity contribution in [3.05, 3.63) is 0 Å². The fraction of sp³-hybridized carbons (Fsp3) is 0.944. The summed E-state index contributed by atoms with van der Waals surface area (Å²) >= 11 is 0. The first-order valence-corrected chi connectivity index (χ1v) is 8.88. The van der Waals surface area contributed by atoms with Crippen molar-refractivity contribution >= 4 is 5.78 Å². The summed E-state index contributed by atoms with van der Waals surface area (Å²) in [6.45, 7) is 5.05. The van der Waals surface area contributed by atoms with Gasteiger partial charge in [0, 0.05) is 11.8 Å². The van der Waals surface area contributed by atoms with Crippen molar-refractivity contribution in [3.63, 3.8) is 0 Å². The van der Waals surface area contributed by atoms with E-state index in [-0.39, 0.29) is 16.6 Å². The number of hydrogen-bond donors (Lipinski definition) is 2. The Morgan fingerprint density at radius 1 is 1.09 bits per heavy atom. The normalized spacial score (nSPS) is 57.9. The van der Waals surface area contributed by atoms with Crippen molar-refractivity contribution in [2.75, 3.05) is 6.61 Å². The van der Waals surface area contributed by atoms with Gasteiger partial charge in [-0.1, -0.05) is 13.8 Å². The van der Waals surface area contributed by atoms with Gasteiger partial charge in [0.15, 0.2) is 12.1 Å². The third kappa shape index (κ3) is 1.83. The van der Waals surface area contributed by atoms with Crippen LogP contribution >= 0.6 is 0 Å². The molecule has 0 spiro atoms. The summed E-state index contributed by atoms with van der Waals surface area (Å²) in [6.07, 6.45) is 4.28. The first-order valence-electron chi connectivity index (χ1n) is 8.88. The smallest absolute Gasteiger partial charge is 0.167 e. The Bertz CT molecular complexity index is 491. The van der Waals surface area contributed by atoms with Gasteiger partial charge in [0.05, 0.1) is 6.61 Å². The maximum absolute atomic E-state index is 12.4. The van der Waals surface area contributed by atoms with Crippen LogP contribution in [-0.4, -0.2) is 35.0 Å². The van der Waals surface area contributed by atoms with Crippen LogP contribution in [-0.2, 0) is 9.53 Å². The lowest BCUT2D eigenvalue weighted by molar-refractivity contribution is -0.225. The average molecular weight is 308 g/mol. The number of carbonyl (C=O) groups is 1. The van der Waals surface area contributed by atoms with Gasteiger partial charge in [-0.25, -0.2) is 0 Å². The molecule has 2 N–H and O–H groups in total. The summed E-state index contributed by atoms with van der Waals surface area (Å²) in [6, 6.07) is 0. The molecule has 22 heavy (non-hydrogen) atoms. The molecule has 0 unspecified atom stereocenters. The van der Waals surface area contributed by atoms with Crippen molar-refractivity contribution in [3.8, 4) is 0 Å². The van der Waals surface area contributed by atoms with Gasteiger partial charge in [-0.2, -0.15) is 0 Å². The minimum Gasteiger partial charge on any atom is -0.385 e. The molecule has 4 aliphatic rings. The fourth-order valence-corrected chi connectivity index (χ4v) is 6.52. The largest absolute Gasteiger partial charge is 0.385 e. The third-order valence-electron chi connectivity index (χ3n) is 7.87. The highest BCUT2D eigenvalue weighted by Crippen LogP contribution is 2.64. The monoisotopic (exact) mass is 308 g/mol. The molecular formula is C18H28O4. The van der Waals surface area contributed by atoms with Gasteiger partial charge in [0.1, 0.15) is 6.10 Å². The quantitative estimate of drug-likeness (QED) is 0.719. The molecule has 4 heteroatoms. The van der Waals surface area contributed by atoms with Gasteiger partial charge in [-0.15, -0.1) is 0 Å². The molecule has 1 aliphatic heterocycles. The number of rotatable bonds is 0. The molecule has 124 valence electrons. The van der Waals surface area contributed by atoms with E-state index in [9.17, 15) is 15.0 Å². The van der Waals surface area contributed by atoms with Crippen LogP contribution in [0.5, 0.6) is 0 Å². The van der Waals surface area contributed by atoms with Gasteiger partial charge >= 0.3 is 0 Å². The van der Waals surface area contributed by atoms with Crippen LogP contribution in [0.25, 0.3) is 0 Å². The van der Waals surface area contributed by atoms with E-state index in [1.54, 1.807) is 0 Å². The van der Waals surface area contributed by atoms with Gasteiger partial charge in [-0.3, -0.25) is 4.79 Å². The molecule has 0 bridgehead atoms. The fourth-order valence-electron chi connectivity index (χ4n) is 6.52. The van der Waals surface area contributed by atoms with Gasteiger partial charge in [0.25, 0.3) is 0 Å². The predicted molar refractivity (Wildman–Crippen MR) is 80.8 cm³/mol. The molecule has 0 radical (unpaired) electrons. The summed E-state index contributed by atoms with van der Waals surface area (Å²) in [7, 11) is 0. The van der Waals surface area contributed by atoms with Crippen LogP contribution in [0.3, 0.4) is 0 Å². The number of hydrogen-bond acceptors (Lipinski definition) is 4. The molecule has 4 rings (SSSR count). The van der Waals surface area contributed by atoms with Crippen LogP contribution in [0.1, 0.15) is 52.4 Å². The van der Waals surface area contributed by atoms with Gasteiger partial charge in [0.2, 0.25) is 0 Å². The van der Waals surface area contributed by atoms with Crippen molar-refractivity contribution in [1.82, 2.24) is 0 Å². The molecule has 0 amide bonds. The van der Waals surface area contributed by atoms with E-state index in [0.717, 1.165) is 32.1 Å². The summed E-state index contributed by atoms with van der Waals surface area (Å²) in [5.41, 5.74) is -0.182. The van der Waals surface area contributed by atoms with Crippen molar-refractivity contribution in [1.29, 1.82) is 0 Å². The molecule has 0 aromatic heterocycles. The van der Waals surface area contributed by atoms with Gasteiger partial charge < -0.3 is 14.9 Å². The summed E-state index contributed by atoms with van der Waals surface area (Å²) in [5.74, 6) is 2.04. The first-order chi connectivity index (χ1) is 10.4. The van der Waals surface area contributed by atoms with Crippen molar-refractivity contribution in [2.45, 2.75) is 64.8 Å². The second kappa shape index (κ2) is 4.78. The number of Topliss-reactive ketones (excluding diaryl/α,β-unsaturated/α-hetero) is 1. The number of carbonyl (C=O) groups excluding carboxylic acids is 1. The number of ether oxygens (including phenoxy) is 1. The van der Waals surface area contributed by atoms with Gasteiger partial charge in [-0.05, 0) is 61.2 Å². The zero-order valence-electron chi connectivity index (χ0n) is 13.6. The Morgan fingerprint density at radius 3 is 2.64 bits per heavy atom. The Hall–Kier alpha value is -0.450. The van der Waals surface area contributed by atoms with E-state index in [4.69, 9.17) is 4.74 Å². The maximum Gasteiger partial charge on any atom is 0.167 e. The highest BCUT2D eigenvalue weighted by atomic mass is 16.6. The standard InChI is InChI=1S/C18H28O4/c1-17-6-5-12-11(13(17)8-14(19)16(17)21)4-3-10-7-15(20)22-9-18(10,12)2/h10-15,19-20H,3-9H2,1-2H3/t10-,11+,12-,13-,14+,15+,17-,18-/m0/s1. The Labute approximate surface area is 132 Å². The lowest BCUT2D eigenvalue weighted by Crippen LogP contribution is -2.56. The minimum atomic E-state index is -0.747. The van der Waals surface area contributed by atoms with Crippen LogP contribution in [0.2, 0.25) is 0 Å². The second-order valence-corrected chi connectivity index (χ2v) is 8.73. The molecular weight excluding hydrogens is 280 g/mol. The van der Waals surface area contributed by atoms with Crippen molar-refractivity contribution in [2.24, 2.45) is 34.5 Å². The summed E-state index contributed by atoms with van der Waals surface area (Å²) in [5, 5.41) is 19.9. The second-order valence-electron chi connectivity index (χ2n) is 8.73. The SMILES string of the molecule is C[C@]12CO[C@@H](O)C[C@@H]1CC[C@@H]1[C@@H]2CC[C@]2(C)C(=O)[C@H](O)C[C@@H]12. The summed E-state index contributed by atoms with van der Waals surface area (Å²) in [4.78, 5) is 12.4. The Kier molecular flexibility index (Phi) is 3.28. The molecule has 0 aromatic carbocycles. The van der Waals surface area contributed by atoms with E-state index in [1.165, 1.54) is 0 Å². The predicted octanol–water partition coefficient (Wildman–Crippen LogP) is 2.12. The summed E-state index contributed by atoms with van der Waals surface area (Å²) < 4.78 is 5.62. The topological polar surface area (TPSA) is 66.8 Å². The van der Waals surface area contributed by atoms with Crippen LogP contribution < -0.4 is 0 Å². The van der Waals surface area contributed by atoms with Crippen LogP contribution in [0.4, 0.5) is 0 Å². The molecule has 1 heterocycles. The molecule has 4 fully saturated rings. The third-order valence-corrected chi connectivity index (χ3v) is 7.87. The Balaban J connectivity index is 1.64. The number of fused-ring (bicyclic) bond motifs is 5. The van der Waals surface area contributed by atoms with E-state index in [0.29, 0.717) is 36.7 Å². The highest BCUT2D eigenvalue weighted by molar-refractivity contribution is 5.91. The minimum absolute atomic E-state index is 0.0820. The van der Waals surface area contributed by atoms with E-state index < -0.39 is 12.4 Å². The molecule has 8 atom stereocenters. The van der Waals surface area contributed by atoms with E-state index in [2.05, 4.69) is 13.8 Å². The van der Waals surface area contributed by atoms with Crippen molar-refractivity contribution < 1.29 is 19.7 Å². The van der Waals surface area contributed by atoms with E-state index in [1.807, 2.05) is 0 Å². The molecule has 3 aliphatic carbocycles. The highest BCUT2D eigenvalue weighted by Gasteiger charge is 2.62. The number of aliphatic hydroxyl groups is 2. The molecule has 1 saturated heterocycles. The first kappa shape index (κ1) is 15.1. The van der Waals surface area contributed by atoms with Crippen LogP contribution in [0.15, 0.2) is 0 Å². The Morgan fingerprint density at radius 2 is 1.86 bits per heavy atom. The van der Waals surface area contributed by atoms with E-state index >= 15 is 0 Å². The average Bonchev–Trinajstić information content (AvgIpc) is 2.72. The molecule has 0 aromatic rings. The maximum atomic E-state index is 12.4. The lowest BCUT2D eigenvalue weighted by atomic mass is 9.47. The zero-order chi connectivity index (χ0) is 15.7. The number of aliphatic hydroxyl groups excluding tert-OH is 2. The lowest BCUT2D eigenvalue weighted by Gasteiger charge is -2.59. The molecule has 3 saturated carbocycles. The van der Waals surface area contributed by atoms with Crippen LogP contribution in [0, 0.1) is 34.5 Å².